The maximum Gasteiger partial charge on any atom is 0.0712 e. The van der Waals surface area contributed by atoms with E-state index in [1.54, 1.807) is 0 Å². The second-order valence-electron chi connectivity index (χ2n) is 6.05. The topological polar surface area (TPSA) is 24.5 Å². The lowest BCUT2D eigenvalue weighted by Gasteiger charge is -2.35. The molecule has 3 nitrogen and oxygen atoms in total. The van der Waals surface area contributed by atoms with Crippen LogP contribution in [0.25, 0.3) is 0 Å². The summed E-state index contributed by atoms with van der Waals surface area (Å²) in [6.07, 6.45) is 8.67. The molecule has 0 aromatic carbocycles. The second kappa shape index (κ2) is 7.46. The van der Waals surface area contributed by atoms with Crippen LogP contribution in [0.5, 0.6) is 0 Å². The van der Waals surface area contributed by atoms with E-state index in [1.165, 1.54) is 45.1 Å². The molecule has 1 heterocycles. The van der Waals surface area contributed by atoms with Crippen molar-refractivity contribution in [3.8, 4) is 0 Å². The summed E-state index contributed by atoms with van der Waals surface area (Å²) in [5.41, 5.74) is 0. The van der Waals surface area contributed by atoms with E-state index in [2.05, 4.69) is 24.2 Å². The molecule has 1 unspecified atom stereocenters. The molecule has 0 amide bonds. The van der Waals surface area contributed by atoms with E-state index in [-0.39, 0.29) is 0 Å². The normalized spacial score (nSPS) is 33.8. The molecule has 1 aliphatic carbocycles. The third kappa shape index (κ3) is 4.22. The van der Waals surface area contributed by atoms with Gasteiger partial charge in [0.05, 0.1) is 12.7 Å². The van der Waals surface area contributed by atoms with Crippen molar-refractivity contribution in [3.05, 3.63) is 0 Å². The molecule has 2 fully saturated rings. The molecule has 0 aromatic heterocycles. The SMILES string of the molecule is CCC1CCC(N(C)CCC2CNCCO2)CC1. The molecular weight excluding hydrogens is 224 g/mol. The zero-order chi connectivity index (χ0) is 12.8. The Labute approximate surface area is 112 Å². The van der Waals surface area contributed by atoms with Crippen LogP contribution in [0.1, 0.15) is 45.4 Å². The molecule has 18 heavy (non-hydrogen) atoms. The van der Waals surface area contributed by atoms with Crippen LogP contribution < -0.4 is 5.32 Å². The van der Waals surface area contributed by atoms with Crippen LogP contribution in [0.15, 0.2) is 0 Å². The molecule has 3 heteroatoms. The second-order valence-corrected chi connectivity index (χ2v) is 6.05. The third-order valence-electron chi connectivity index (χ3n) is 4.83. The molecule has 1 saturated carbocycles. The Kier molecular flexibility index (Phi) is 5.93. The molecule has 1 atom stereocenters. The highest BCUT2D eigenvalue weighted by atomic mass is 16.5. The average Bonchev–Trinajstić information content (AvgIpc) is 2.46. The first-order chi connectivity index (χ1) is 8.79. The number of nitrogens with one attached hydrogen (secondary N) is 1. The minimum Gasteiger partial charge on any atom is -0.376 e. The molecule has 1 saturated heterocycles. The van der Waals surface area contributed by atoms with Gasteiger partial charge in [0, 0.05) is 25.7 Å². The van der Waals surface area contributed by atoms with Crippen molar-refractivity contribution >= 4 is 0 Å². The van der Waals surface area contributed by atoms with Gasteiger partial charge in [0.2, 0.25) is 0 Å². The van der Waals surface area contributed by atoms with Gasteiger partial charge < -0.3 is 15.0 Å². The Morgan fingerprint density at radius 2 is 2.00 bits per heavy atom. The molecule has 0 aromatic rings. The van der Waals surface area contributed by atoms with E-state index >= 15 is 0 Å². The van der Waals surface area contributed by atoms with Crippen molar-refractivity contribution in [2.24, 2.45) is 5.92 Å². The van der Waals surface area contributed by atoms with Crippen LogP contribution in [-0.2, 0) is 4.74 Å². The predicted octanol–water partition coefficient (Wildman–Crippen LogP) is 2.27. The summed E-state index contributed by atoms with van der Waals surface area (Å²) in [4.78, 5) is 2.57. The molecule has 0 spiro atoms. The highest BCUT2D eigenvalue weighted by Gasteiger charge is 2.23. The fourth-order valence-corrected chi connectivity index (χ4v) is 3.33. The van der Waals surface area contributed by atoms with E-state index < -0.39 is 0 Å². The Balaban J connectivity index is 1.63. The number of rotatable bonds is 5. The summed E-state index contributed by atoms with van der Waals surface area (Å²) >= 11 is 0. The Hall–Kier alpha value is -0.120. The monoisotopic (exact) mass is 254 g/mol. The summed E-state index contributed by atoms with van der Waals surface area (Å²) in [6.45, 7) is 6.47. The fourth-order valence-electron chi connectivity index (χ4n) is 3.33. The summed E-state index contributed by atoms with van der Waals surface area (Å²) in [5, 5.41) is 3.41. The Morgan fingerprint density at radius 1 is 1.22 bits per heavy atom. The molecule has 0 radical (unpaired) electrons. The zero-order valence-corrected chi connectivity index (χ0v) is 12.2. The van der Waals surface area contributed by atoms with Crippen LogP contribution in [-0.4, -0.2) is 50.3 Å². The Bertz CT molecular complexity index is 221. The van der Waals surface area contributed by atoms with E-state index in [4.69, 9.17) is 4.74 Å². The van der Waals surface area contributed by atoms with Gasteiger partial charge in [0.15, 0.2) is 0 Å². The number of nitrogens with zero attached hydrogens (tertiary/aromatic N) is 1. The Morgan fingerprint density at radius 3 is 2.61 bits per heavy atom. The predicted molar refractivity (Wildman–Crippen MR) is 75.9 cm³/mol. The highest BCUT2D eigenvalue weighted by Crippen LogP contribution is 2.29. The first kappa shape index (κ1) is 14.3. The lowest BCUT2D eigenvalue weighted by Crippen LogP contribution is -2.42. The minimum absolute atomic E-state index is 0.438. The van der Waals surface area contributed by atoms with Gasteiger partial charge in [-0.15, -0.1) is 0 Å². The van der Waals surface area contributed by atoms with Crippen LogP contribution >= 0.6 is 0 Å². The quantitative estimate of drug-likeness (QED) is 0.814. The first-order valence-electron chi connectivity index (χ1n) is 7.82. The third-order valence-corrected chi connectivity index (χ3v) is 4.83. The lowest BCUT2D eigenvalue weighted by molar-refractivity contribution is 0.0148. The standard InChI is InChI=1S/C15H30N2O/c1-3-13-4-6-14(7-5-13)17(2)10-8-15-12-16-9-11-18-15/h13-16H,3-12H2,1-2H3. The van der Waals surface area contributed by atoms with Crippen molar-refractivity contribution in [1.29, 1.82) is 0 Å². The van der Waals surface area contributed by atoms with Crippen LogP contribution in [0.3, 0.4) is 0 Å². The van der Waals surface area contributed by atoms with E-state index in [9.17, 15) is 0 Å². The molecular formula is C15H30N2O. The van der Waals surface area contributed by atoms with E-state index in [0.717, 1.165) is 31.7 Å². The molecule has 0 bridgehead atoms. The number of hydrogen-bond acceptors (Lipinski definition) is 3. The molecule has 2 aliphatic rings. The summed E-state index contributed by atoms with van der Waals surface area (Å²) in [5.74, 6) is 1.00. The highest BCUT2D eigenvalue weighted by molar-refractivity contribution is 4.78. The molecule has 1 N–H and O–H groups in total. The first-order valence-corrected chi connectivity index (χ1v) is 7.82. The fraction of sp³-hybridized carbons (Fsp3) is 1.00. The largest absolute Gasteiger partial charge is 0.376 e. The maximum atomic E-state index is 5.76. The summed E-state index contributed by atoms with van der Waals surface area (Å²) in [7, 11) is 2.30. The van der Waals surface area contributed by atoms with Crippen molar-refractivity contribution in [2.45, 2.75) is 57.6 Å². The van der Waals surface area contributed by atoms with Crippen LogP contribution in [0.2, 0.25) is 0 Å². The number of ether oxygens (including phenoxy) is 1. The average molecular weight is 254 g/mol. The maximum absolute atomic E-state index is 5.76. The minimum atomic E-state index is 0.438. The smallest absolute Gasteiger partial charge is 0.0712 e. The van der Waals surface area contributed by atoms with E-state index in [0.29, 0.717) is 6.10 Å². The van der Waals surface area contributed by atoms with Gasteiger partial charge in [-0.05, 0) is 45.1 Å². The van der Waals surface area contributed by atoms with Gasteiger partial charge in [-0.25, -0.2) is 0 Å². The van der Waals surface area contributed by atoms with Gasteiger partial charge in [0.25, 0.3) is 0 Å². The van der Waals surface area contributed by atoms with Crippen molar-refractivity contribution in [2.75, 3.05) is 33.3 Å². The molecule has 106 valence electrons. The van der Waals surface area contributed by atoms with Crippen LogP contribution in [0.4, 0.5) is 0 Å². The lowest BCUT2D eigenvalue weighted by atomic mass is 9.84. The van der Waals surface area contributed by atoms with Crippen molar-refractivity contribution in [1.82, 2.24) is 10.2 Å². The number of morpholine rings is 1. The molecule has 2 rings (SSSR count). The van der Waals surface area contributed by atoms with Crippen molar-refractivity contribution < 1.29 is 4.74 Å². The van der Waals surface area contributed by atoms with E-state index in [1.807, 2.05) is 0 Å². The van der Waals surface area contributed by atoms with Gasteiger partial charge in [0.1, 0.15) is 0 Å². The zero-order valence-electron chi connectivity index (χ0n) is 12.2. The van der Waals surface area contributed by atoms with Crippen LogP contribution in [0, 0.1) is 5.92 Å². The van der Waals surface area contributed by atoms with Gasteiger partial charge in [-0.3, -0.25) is 0 Å². The summed E-state index contributed by atoms with van der Waals surface area (Å²) in [6, 6.07) is 0.823. The van der Waals surface area contributed by atoms with Crippen molar-refractivity contribution in [3.63, 3.8) is 0 Å². The van der Waals surface area contributed by atoms with Gasteiger partial charge in [-0.1, -0.05) is 13.3 Å². The van der Waals surface area contributed by atoms with Gasteiger partial charge >= 0.3 is 0 Å². The van der Waals surface area contributed by atoms with Gasteiger partial charge in [-0.2, -0.15) is 0 Å². The molecule has 1 aliphatic heterocycles. The summed E-state index contributed by atoms with van der Waals surface area (Å²) < 4.78 is 5.76. The number of hydrogen-bond donors (Lipinski definition) is 1.